The number of thiazole rings is 1. The number of aromatic nitrogens is 1. The van der Waals surface area contributed by atoms with Crippen LogP contribution in [0.5, 0.6) is 0 Å². The number of nitrogens with zero attached hydrogens (tertiary/aromatic N) is 2. The highest BCUT2D eigenvalue weighted by molar-refractivity contribution is 7.99. The number of hydrogen-bond donors (Lipinski definition) is 2. The molecule has 0 aliphatic rings. The number of rotatable bonds is 7. The Bertz CT molecular complexity index is 625. The number of aliphatic imine (C=N–C) groups is 1. The zero-order chi connectivity index (χ0) is 16.5. The molecule has 0 amide bonds. The van der Waals surface area contributed by atoms with Crippen LogP contribution in [0, 0.1) is 6.92 Å². The number of halogens is 1. The lowest BCUT2D eigenvalue weighted by Crippen LogP contribution is -2.39. The lowest BCUT2D eigenvalue weighted by molar-refractivity contribution is 0.800. The second-order valence-corrected chi connectivity index (χ2v) is 7.50. The number of nitrogens with one attached hydrogen (secondary N) is 2. The van der Waals surface area contributed by atoms with Gasteiger partial charge in [0.15, 0.2) is 5.96 Å². The molecule has 0 aliphatic heterocycles. The fourth-order valence-electron chi connectivity index (χ4n) is 1.92. The number of aryl methyl sites for hydroxylation is 1. The van der Waals surface area contributed by atoms with Crippen LogP contribution in [-0.2, 0) is 6.42 Å². The highest BCUT2D eigenvalue weighted by atomic mass is 35.5. The predicted molar refractivity (Wildman–Crippen MR) is 102 cm³/mol. The molecule has 0 saturated heterocycles. The molecule has 1 heterocycles. The minimum absolute atomic E-state index is 0.771. The molecule has 2 N–H and O–H groups in total. The van der Waals surface area contributed by atoms with E-state index in [1.54, 1.807) is 30.1 Å². The van der Waals surface area contributed by atoms with Gasteiger partial charge < -0.3 is 10.6 Å². The molecule has 0 aliphatic carbocycles. The summed E-state index contributed by atoms with van der Waals surface area (Å²) in [5, 5.41) is 10.6. The van der Waals surface area contributed by atoms with Gasteiger partial charge in [0.05, 0.1) is 10.7 Å². The van der Waals surface area contributed by atoms with E-state index in [0.29, 0.717) is 0 Å². The van der Waals surface area contributed by atoms with Crippen molar-refractivity contribution in [2.75, 3.05) is 25.9 Å². The minimum Gasteiger partial charge on any atom is -0.356 e. The topological polar surface area (TPSA) is 49.3 Å². The number of benzene rings is 1. The van der Waals surface area contributed by atoms with Crippen molar-refractivity contribution >= 4 is 40.7 Å². The summed E-state index contributed by atoms with van der Waals surface area (Å²) in [6.07, 6.45) is 0.907. The first-order valence-electron chi connectivity index (χ1n) is 7.41. The van der Waals surface area contributed by atoms with Gasteiger partial charge in [0.1, 0.15) is 0 Å². The maximum atomic E-state index is 5.88. The number of guanidine groups is 1. The van der Waals surface area contributed by atoms with Gasteiger partial charge in [-0.3, -0.25) is 4.99 Å². The molecular formula is C16H21ClN4S2. The summed E-state index contributed by atoms with van der Waals surface area (Å²) in [5.74, 6) is 1.79. The molecule has 0 bridgehead atoms. The first-order valence-corrected chi connectivity index (χ1v) is 9.65. The summed E-state index contributed by atoms with van der Waals surface area (Å²) in [4.78, 5) is 9.90. The van der Waals surface area contributed by atoms with E-state index in [4.69, 9.17) is 11.6 Å². The summed E-state index contributed by atoms with van der Waals surface area (Å²) in [6, 6.07) is 7.90. The third-order valence-corrected chi connectivity index (χ3v) is 5.13. The van der Waals surface area contributed by atoms with E-state index >= 15 is 0 Å². The van der Waals surface area contributed by atoms with Gasteiger partial charge in [0.2, 0.25) is 0 Å². The van der Waals surface area contributed by atoms with Gasteiger partial charge in [-0.1, -0.05) is 11.6 Å². The predicted octanol–water partition coefficient (Wildman–Crippen LogP) is 3.60. The quantitative estimate of drug-likeness (QED) is 0.339. The largest absolute Gasteiger partial charge is 0.356 e. The lowest BCUT2D eigenvalue weighted by Gasteiger charge is -2.11. The smallest absolute Gasteiger partial charge is 0.191 e. The highest BCUT2D eigenvalue weighted by Gasteiger charge is 2.01. The Morgan fingerprint density at radius 3 is 2.65 bits per heavy atom. The van der Waals surface area contributed by atoms with Crippen LogP contribution in [0.3, 0.4) is 0 Å². The van der Waals surface area contributed by atoms with Gasteiger partial charge in [-0.05, 0) is 31.2 Å². The third-order valence-electron chi connectivity index (χ3n) is 3.04. The second kappa shape index (κ2) is 9.80. The van der Waals surface area contributed by atoms with Crippen molar-refractivity contribution in [3.8, 4) is 0 Å². The maximum Gasteiger partial charge on any atom is 0.191 e. The molecule has 1 aromatic heterocycles. The van der Waals surface area contributed by atoms with Gasteiger partial charge in [-0.2, -0.15) is 0 Å². The van der Waals surface area contributed by atoms with E-state index in [1.165, 1.54) is 4.90 Å². The zero-order valence-corrected chi connectivity index (χ0v) is 15.7. The van der Waals surface area contributed by atoms with Gasteiger partial charge >= 0.3 is 0 Å². The Morgan fingerprint density at radius 1 is 1.26 bits per heavy atom. The van der Waals surface area contributed by atoms with E-state index < -0.39 is 0 Å². The van der Waals surface area contributed by atoms with Crippen LogP contribution >= 0.6 is 34.7 Å². The van der Waals surface area contributed by atoms with Crippen molar-refractivity contribution < 1.29 is 0 Å². The summed E-state index contributed by atoms with van der Waals surface area (Å²) >= 11 is 9.36. The number of hydrogen-bond acceptors (Lipinski definition) is 4. The Balaban J connectivity index is 1.62. The molecule has 23 heavy (non-hydrogen) atoms. The molecule has 4 nitrogen and oxygen atoms in total. The Morgan fingerprint density at radius 2 is 2.00 bits per heavy atom. The molecule has 0 saturated carbocycles. The molecule has 0 radical (unpaired) electrons. The molecule has 7 heteroatoms. The van der Waals surface area contributed by atoms with E-state index in [1.807, 2.05) is 31.2 Å². The van der Waals surface area contributed by atoms with Crippen LogP contribution in [0.1, 0.15) is 10.7 Å². The fraction of sp³-hybridized carbons (Fsp3) is 0.375. The molecule has 0 fully saturated rings. The monoisotopic (exact) mass is 368 g/mol. The van der Waals surface area contributed by atoms with Crippen molar-refractivity contribution in [2.24, 2.45) is 4.99 Å². The standard InChI is InChI=1S/C16H21ClN4S2/c1-12-21-14(11-23-12)7-8-19-16(18-2)20-9-10-22-15-5-3-13(17)4-6-15/h3-6,11H,7-10H2,1-2H3,(H2,18,19,20). The normalized spacial score (nSPS) is 11.5. The van der Waals surface area contributed by atoms with E-state index in [9.17, 15) is 0 Å². The SMILES string of the molecule is CN=C(NCCSc1ccc(Cl)cc1)NCCc1csc(C)n1. The molecule has 0 spiro atoms. The van der Waals surface area contributed by atoms with Crippen molar-refractivity contribution in [3.05, 3.63) is 45.4 Å². The van der Waals surface area contributed by atoms with E-state index in [0.717, 1.165) is 46.9 Å². The number of thioether (sulfide) groups is 1. The molecule has 2 rings (SSSR count). The first kappa shape index (κ1) is 18.1. The van der Waals surface area contributed by atoms with Crippen molar-refractivity contribution in [3.63, 3.8) is 0 Å². The maximum absolute atomic E-state index is 5.88. The lowest BCUT2D eigenvalue weighted by atomic mass is 10.3. The van der Waals surface area contributed by atoms with Crippen LogP contribution in [0.15, 0.2) is 39.5 Å². The summed E-state index contributed by atoms with van der Waals surface area (Å²) in [6.45, 7) is 3.70. The first-order chi connectivity index (χ1) is 11.2. The van der Waals surface area contributed by atoms with Gasteiger partial charge in [0.25, 0.3) is 0 Å². The van der Waals surface area contributed by atoms with Crippen molar-refractivity contribution in [2.45, 2.75) is 18.2 Å². The Hall–Kier alpha value is -1.24. The van der Waals surface area contributed by atoms with Crippen LogP contribution in [-0.4, -0.2) is 36.8 Å². The van der Waals surface area contributed by atoms with Crippen molar-refractivity contribution in [1.82, 2.24) is 15.6 Å². The minimum atomic E-state index is 0.771. The van der Waals surface area contributed by atoms with E-state index in [-0.39, 0.29) is 0 Å². The summed E-state index contributed by atoms with van der Waals surface area (Å²) in [7, 11) is 1.79. The average Bonchev–Trinajstić information content (AvgIpc) is 2.97. The summed E-state index contributed by atoms with van der Waals surface area (Å²) in [5.41, 5.74) is 1.13. The Labute approximate surface area is 150 Å². The van der Waals surface area contributed by atoms with Crippen molar-refractivity contribution in [1.29, 1.82) is 0 Å². The zero-order valence-electron chi connectivity index (χ0n) is 13.3. The second-order valence-electron chi connectivity index (χ2n) is 4.84. The van der Waals surface area contributed by atoms with Crippen LogP contribution < -0.4 is 10.6 Å². The molecule has 0 atom stereocenters. The molecular weight excluding hydrogens is 348 g/mol. The van der Waals surface area contributed by atoms with Gasteiger partial charge in [-0.15, -0.1) is 23.1 Å². The Kier molecular flexibility index (Phi) is 7.71. The van der Waals surface area contributed by atoms with Crippen LogP contribution in [0.4, 0.5) is 0 Å². The summed E-state index contributed by atoms with van der Waals surface area (Å²) < 4.78 is 0. The molecule has 2 aromatic rings. The van der Waals surface area contributed by atoms with E-state index in [2.05, 4.69) is 26.0 Å². The molecule has 0 unspecified atom stereocenters. The third kappa shape index (κ3) is 6.81. The highest BCUT2D eigenvalue weighted by Crippen LogP contribution is 2.19. The molecule has 124 valence electrons. The average molecular weight is 369 g/mol. The van der Waals surface area contributed by atoms with Gasteiger partial charge in [-0.25, -0.2) is 4.98 Å². The van der Waals surface area contributed by atoms with Gasteiger partial charge in [0, 0.05) is 47.6 Å². The fourth-order valence-corrected chi connectivity index (χ4v) is 3.46. The van der Waals surface area contributed by atoms with Crippen LogP contribution in [0.2, 0.25) is 5.02 Å². The molecule has 1 aromatic carbocycles. The van der Waals surface area contributed by atoms with Crippen LogP contribution in [0.25, 0.3) is 0 Å².